The SMILES string of the molecule is CCN1CCCC2(C1)CN(CC1CCCCC1)C2=O. The van der Waals surface area contributed by atoms with Crippen LogP contribution in [0.15, 0.2) is 0 Å². The van der Waals surface area contributed by atoms with Crippen LogP contribution in [0.25, 0.3) is 0 Å². The van der Waals surface area contributed by atoms with Gasteiger partial charge in [0, 0.05) is 19.6 Å². The molecular formula is C16H28N2O. The molecule has 3 fully saturated rings. The van der Waals surface area contributed by atoms with Crippen LogP contribution in [0.1, 0.15) is 51.9 Å². The van der Waals surface area contributed by atoms with Gasteiger partial charge in [0.2, 0.25) is 5.91 Å². The predicted octanol–water partition coefficient (Wildman–Crippen LogP) is 2.51. The summed E-state index contributed by atoms with van der Waals surface area (Å²) in [5.41, 5.74) is 0.0168. The molecule has 0 aromatic heterocycles. The van der Waals surface area contributed by atoms with E-state index < -0.39 is 0 Å². The molecule has 3 heteroatoms. The number of amides is 1. The van der Waals surface area contributed by atoms with Crippen LogP contribution in [0.4, 0.5) is 0 Å². The third-order valence-corrected chi connectivity index (χ3v) is 5.54. The standard InChI is InChI=1S/C16H28N2O/c1-2-17-10-6-9-16(12-17)13-18(15(16)19)11-14-7-4-3-5-8-14/h14H,2-13H2,1H3. The molecule has 1 unspecified atom stereocenters. The highest BCUT2D eigenvalue weighted by atomic mass is 16.2. The maximum absolute atomic E-state index is 12.6. The minimum atomic E-state index is 0.0168. The Balaban J connectivity index is 1.53. The summed E-state index contributed by atoms with van der Waals surface area (Å²) in [5.74, 6) is 1.26. The van der Waals surface area contributed by atoms with Gasteiger partial charge in [-0.25, -0.2) is 0 Å². The smallest absolute Gasteiger partial charge is 0.231 e. The maximum atomic E-state index is 12.6. The van der Waals surface area contributed by atoms with Crippen molar-refractivity contribution in [2.75, 3.05) is 32.7 Å². The lowest BCUT2D eigenvalue weighted by molar-refractivity contribution is -0.167. The summed E-state index contributed by atoms with van der Waals surface area (Å²) in [7, 11) is 0. The van der Waals surface area contributed by atoms with E-state index in [1.54, 1.807) is 0 Å². The van der Waals surface area contributed by atoms with Crippen molar-refractivity contribution in [2.24, 2.45) is 11.3 Å². The lowest BCUT2D eigenvalue weighted by atomic mass is 9.71. The first-order valence-corrected chi connectivity index (χ1v) is 8.25. The lowest BCUT2D eigenvalue weighted by Crippen LogP contribution is -2.67. The molecule has 0 N–H and O–H groups in total. The van der Waals surface area contributed by atoms with Crippen LogP contribution in [0.5, 0.6) is 0 Å². The summed E-state index contributed by atoms with van der Waals surface area (Å²) < 4.78 is 0. The molecule has 3 aliphatic rings. The fourth-order valence-corrected chi connectivity index (χ4v) is 4.38. The number of hydrogen-bond donors (Lipinski definition) is 0. The molecule has 2 heterocycles. The van der Waals surface area contributed by atoms with Gasteiger partial charge in [-0.15, -0.1) is 0 Å². The topological polar surface area (TPSA) is 23.6 Å². The van der Waals surface area contributed by atoms with E-state index in [-0.39, 0.29) is 5.41 Å². The number of piperidine rings is 1. The highest BCUT2D eigenvalue weighted by Gasteiger charge is 2.53. The summed E-state index contributed by atoms with van der Waals surface area (Å²) in [4.78, 5) is 17.2. The Kier molecular flexibility index (Phi) is 3.84. The molecular weight excluding hydrogens is 236 g/mol. The van der Waals surface area contributed by atoms with Gasteiger partial charge in [-0.1, -0.05) is 26.2 Å². The Morgan fingerprint density at radius 1 is 1.16 bits per heavy atom. The number of hydrogen-bond acceptors (Lipinski definition) is 2. The van der Waals surface area contributed by atoms with Crippen LogP contribution in [0.3, 0.4) is 0 Å². The van der Waals surface area contributed by atoms with Crippen molar-refractivity contribution in [1.82, 2.24) is 9.80 Å². The molecule has 1 aliphatic carbocycles. The van der Waals surface area contributed by atoms with E-state index in [2.05, 4.69) is 16.7 Å². The van der Waals surface area contributed by atoms with Gasteiger partial charge in [0.15, 0.2) is 0 Å². The Morgan fingerprint density at radius 2 is 1.95 bits per heavy atom. The second-order valence-corrected chi connectivity index (χ2v) is 6.94. The van der Waals surface area contributed by atoms with Crippen molar-refractivity contribution >= 4 is 5.91 Å². The van der Waals surface area contributed by atoms with E-state index in [1.807, 2.05) is 0 Å². The maximum Gasteiger partial charge on any atom is 0.231 e. The Bertz CT molecular complexity index is 338. The molecule has 108 valence electrons. The van der Waals surface area contributed by atoms with E-state index in [9.17, 15) is 4.79 Å². The van der Waals surface area contributed by atoms with E-state index in [0.717, 1.165) is 38.5 Å². The summed E-state index contributed by atoms with van der Waals surface area (Å²) in [6.45, 7) is 7.60. The number of carbonyl (C=O) groups is 1. The number of β-lactam (4-membered cyclic amide) rings is 1. The first-order valence-electron chi connectivity index (χ1n) is 8.25. The lowest BCUT2D eigenvalue weighted by Gasteiger charge is -2.54. The highest BCUT2D eigenvalue weighted by Crippen LogP contribution is 2.41. The minimum absolute atomic E-state index is 0.0168. The average Bonchev–Trinajstić information content (AvgIpc) is 2.48. The molecule has 0 aromatic rings. The summed E-state index contributed by atoms with van der Waals surface area (Å²) in [6, 6.07) is 0. The Hall–Kier alpha value is -0.570. The molecule has 1 spiro atoms. The number of likely N-dealkylation sites (tertiary alicyclic amines) is 2. The highest BCUT2D eigenvalue weighted by molar-refractivity contribution is 5.89. The zero-order chi connectivity index (χ0) is 13.3. The van der Waals surface area contributed by atoms with Crippen molar-refractivity contribution in [1.29, 1.82) is 0 Å². The molecule has 19 heavy (non-hydrogen) atoms. The van der Waals surface area contributed by atoms with E-state index in [1.165, 1.54) is 45.1 Å². The normalized spacial score (nSPS) is 33.7. The third kappa shape index (κ3) is 2.54. The largest absolute Gasteiger partial charge is 0.341 e. The fourth-order valence-electron chi connectivity index (χ4n) is 4.38. The monoisotopic (exact) mass is 264 g/mol. The number of rotatable bonds is 3. The first kappa shape index (κ1) is 13.4. The molecule has 3 rings (SSSR count). The Morgan fingerprint density at radius 3 is 2.63 bits per heavy atom. The number of nitrogens with zero attached hydrogens (tertiary/aromatic N) is 2. The van der Waals surface area contributed by atoms with Gasteiger partial charge in [-0.2, -0.15) is 0 Å². The molecule has 2 aliphatic heterocycles. The fraction of sp³-hybridized carbons (Fsp3) is 0.938. The summed E-state index contributed by atoms with van der Waals surface area (Å²) >= 11 is 0. The zero-order valence-corrected chi connectivity index (χ0v) is 12.4. The van der Waals surface area contributed by atoms with Crippen LogP contribution in [-0.4, -0.2) is 48.4 Å². The third-order valence-electron chi connectivity index (χ3n) is 5.54. The molecule has 1 amide bonds. The van der Waals surface area contributed by atoms with Gasteiger partial charge in [0.05, 0.1) is 5.41 Å². The van der Waals surface area contributed by atoms with E-state index >= 15 is 0 Å². The van der Waals surface area contributed by atoms with Crippen molar-refractivity contribution < 1.29 is 4.79 Å². The molecule has 0 bridgehead atoms. The first-order chi connectivity index (χ1) is 9.23. The molecule has 1 saturated carbocycles. The second kappa shape index (κ2) is 5.43. The quantitative estimate of drug-likeness (QED) is 0.731. The summed E-state index contributed by atoms with van der Waals surface area (Å²) in [6.07, 6.45) is 9.18. The average molecular weight is 264 g/mol. The van der Waals surface area contributed by atoms with Crippen LogP contribution >= 0.6 is 0 Å². The molecule has 3 nitrogen and oxygen atoms in total. The van der Waals surface area contributed by atoms with Crippen LogP contribution in [-0.2, 0) is 4.79 Å². The zero-order valence-electron chi connectivity index (χ0n) is 12.4. The molecule has 2 saturated heterocycles. The van der Waals surface area contributed by atoms with Crippen molar-refractivity contribution in [2.45, 2.75) is 51.9 Å². The van der Waals surface area contributed by atoms with Gasteiger partial charge < -0.3 is 9.80 Å². The van der Waals surface area contributed by atoms with Crippen LogP contribution < -0.4 is 0 Å². The van der Waals surface area contributed by atoms with Gasteiger partial charge in [0.25, 0.3) is 0 Å². The molecule has 1 atom stereocenters. The van der Waals surface area contributed by atoms with Gasteiger partial charge in [-0.3, -0.25) is 4.79 Å². The van der Waals surface area contributed by atoms with Gasteiger partial charge in [-0.05, 0) is 44.7 Å². The van der Waals surface area contributed by atoms with Crippen LogP contribution in [0.2, 0.25) is 0 Å². The predicted molar refractivity (Wildman–Crippen MR) is 76.9 cm³/mol. The number of carbonyl (C=O) groups excluding carboxylic acids is 1. The van der Waals surface area contributed by atoms with Crippen molar-refractivity contribution in [3.63, 3.8) is 0 Å². The molecule has 0 aromatic carbocycles. The van der Waals surface area contributed by atoms with E-state index in [4.69, 9.17) is 0 Å². The van der Waals surface area contributed by atoms with Gasteiger partial charge in [0.1, 0.15) is 0 Å². The van der Waals surface area contributed by atoms with Gasteiger partial charge >= 0.3 is 0 Å². The van der Waals surface area contributed by atoms with E-state index in [0.29, 0.717) is 5.91 Å². The van der Waals surface area contributed by atoms with Crippen molar-refractivity contribution in [3.8, 4) is 0 Å². The van der Waals surface area contributed by atoms with Crippen LogP contribution in [0, 0.1) is 11.3 Å². The Labute approximate surface area is 117 Å². The summed E-state index contributed by atoms with van der Waals surface area (Å²) in [5, 5.41) is 0. The second-order valence-electron chi connectivity index (χ2n) is 6.94. The van der Waals surface area contributed by atoms with Crippen molar-refractivity contribution in [3.05, 3.63) is 0 Å². The molecule has 0 radical (unpaired) electrons. The minimum Gasteiger partial charge on any atom is -0.341 e.